The summed E-state index contributed by atoms with van der Waals surface area (Å²) >= 11 is 0. The molecule has 0 unspecified atom stereocenters. The van der Waals surface area contributed by atoms with Gasteiger partial charge in [0.1, 0.15) is 17.2 Å². The molecule has 0 aromatic heterocycles. The Morgan fingerprint density at radius 2 is 0.730 bits per heavy atom. The van der Waals surface area contributed by atoms with E-state index in [0.29, 0.717) is 23.7 Å². The highest BCUT2D eigenvalue weighted by molar-refractivity contribution is 5.26. The molecule has 3 nitrogen and oxygen atoms in total. The van der Waals surface area contributed by atoms with E-state index in [1.165, 1.54) is 44.1 Å². The maximum atomic E-state index is 6.47. The SMILES string of the molecule is c1ccc(CCCCCCCCCC(Oc2ccccc2)(Oc2ccccc2)Oc2ccccc2)cc1. The zero-order valence-electron chi connectivity index (χ0n) is 21.6. The molecule has 0 aliphatic carbocycles. The Labute approximate surface area is 222 Å². The van der Waals surface area contributed by atoms with Crippen molar-refractivity contribution >= 4 is 0 Å². The zero-order chi connectivity index (χ0) is 25.4. The van der Waals surface area contributed by atoms with Gasteiger partial charge in [-0.15, -0.1) is 0 Å². The van der Waals surface area contributed by atoms with Crippen LogP contribution in [0.4, 0.5) is 0 Å². The van der Waals surface area contributed by atoms with Gasteiger partial charge in [-0.25, -0.2) is 0 Å². The lowest BCUT2D eigenvalue weighted by Crippen LogP contribution is -2.48. The summed E-state index contributed by atoms with van der Waals surface area (Å²) in [6, 6.07) is 40.1. The van der Waals surface area contributed by atoms with Crippen molar-refractivity contribution in [3.05, 3.63) is 127 Å². The Morgan fingerprint density at radius 1 is 0.378 bits per heavy atom. The molecule has 192 valence electrons. The molecule has 0 N–H and O–H groups in total. The lowest BCUT2D eigenvalue weighted by Gasteiger charge is -2.34. The van der Waals surface area contributed by atoms with Crippen molar-refractivity contribution < 1.29 is 14.2 Å². The fraction of sp³-hybridized carbons (Fsp3) is 0.294. The van der Waals surface area contributed by atoms with Crippen molar-refractivity contribution in [1.29, 1.82) is 0 Å². The van der Waals surface area contributed by atoms with E-state index in [1.807, 2.05) is 91.0 Å². The smallest absolute Gasteiger partial charge is 0.417 e. The molecule has 0 amide bonds. The normalized spacial score (nSPS) is 11.1. The third-order valence-electron chi connectivity index (χ3n) is 6.34. The molecular formula is C34H38O3. The molecule has 0 saturated heterocycles. The van der Waals surface area contributed by atoms with Crippen molar-refractivity contribution in [2.75, 3.05) is 0 Å². The fourth-order valence-electron chi connectivity index (χ4n) is 4.42. The number of hydrogen-bond donors (Lipinski definition) is 0. The first-order valence-electron chi connectivity index (χ1n) is 13.6. The topological polar surface area (TPSA) is 27.7 Å². The molecule has 3 heteroatoms. The molecular weight excluding hydrogens is 456 g/mol. The lowest BCUT2D eigenvalue weighted by atomic mass is 10.0. The summed E-state index contributed by atoms with van der Waals surface area (Å²) in [5.74, 6) is 0.882. The largest absolute Gasteiger partial charge is 0.421 e. The summed E-state index contributed by atoms with van der Waals surface area (Å²) < 4.78 is 19.4. The molecule has 0 aliphatic heterocycles. The summed E-state index contributed by atoms with van der Waals surface area (Å²) in [6.07, 6.45) is 10.1. The van der Waals surface area contributed by atoms with Crippen molar-refractivity contribution in [2.24, 2.45) is 0 Å². The first kappa shape index (κ1) is 26.3. The number of hydrogen-bond acceptors (Lipinski definition) is 3. The first-order valence-corrected chi connectivity index (χ1v) is 13.6. The quantitative estimate of drug-likeness (QED) is 0.115. The Balaban J connectivity index is 1.33. The molecule has 0 fully saturated rings. The molecule has 0 atom stereocenters. The summed E-state index contributed by atoms with van der Waals surface area (Å²) in [7, 11) is 0. The molecule has 0 spiro atoms. The average molecular weight is 495 g/mol. The van der Waals surface area contributed by atoms with Gasteiger partial charge in [-0.3, -0.25) is 0 Å². The van der Waals surface area contributed by atoms with Gasteiger partial charge in [0.05, 0.1) is 6.42 Å². The van der Waals surface area contributed by atoms with Gasteiger partial charge in [0.15, 0.2) is 0 Å². The van der Waals surface area contributed by atoms with E-state index >= 15 is 0 Å². The van der Waals surface area contributed by atoms with Gasteiger partial charge in [0.2, 0.25) is 0 Å². The van der Waals surface area contributed by atoms with Crippen LogP contribution in [0.1, 0.15) is 56.9 Å². The Hall–Kier alpha value is -3.72. The van der Waals surface area contributed by atoms with E-state index in [2.05, 4.69) is 30.3 Å². The maximum Gasteiger partial charge on any atom is 0.417 e. The molecule has 0 aliphatic rings. The van der Waals surface area contributed by atoms with E-state index in [4.69, 9.17) is 14.2 Å². The van der Waals surface area contributed by atoms with Gasteiger partial charge in [-0.1, -0.05) is 117 Å². The third kappa shape index (κ3) is 9.34. The minimum absolute atomic E-state index is 0.611. The van der Waals surface area contributed by atoms with Crippen LogP contribution >= 0.6 is 0 Å². The van der Waals surface area contributed by atoms with E-state index in [1.54, 1.807) is 0 Å². The molecule has 4 rings (SSSR count). The van der Waals surface area contributed by atoms with Gasteiger partial charge in [-0.05, 0) is 61.2 Å². The number of para-hydroxylation sites is 3. The molecule has 0 radical (unpaired) electrons. The number of rotatable bonds is 16. The number of benzene rings is 4. The molecule has 0 bridgehead atoms. The predicted octanol–water partition coefficient (Wildman–Crippen LogP) is 9.24. The Bertz CT molecular complexity index is 1010. The minimum Gasteiger partial charge on any atom is -0.421 e. The van der Waals surface area contributed by atoms with Crippen molar-refractivity contribution in [3.8, 4) is 17.2 Å². The summed E-state index contributed by atoms with van der Waals surface area (Å²) in [5, 5.41) is 0. The third-order valence-corrected chi connectivity index (χ3v) is 6.34. The van der Waals surface area contributed by atoms with Crippen molar-refractivity contribution in [2.45, 2.75) is 63.8 Å². The van der Waals surface area contributed by atoms with E-state index in [9.17, 15) is 0 Å². The highest BCUT2D eigenvalue weighted by Gasteiger charge is 2.38. The van der Waals surface area contributed by atoms with Crippen LogP contribution in [-0.4, -0.2) is 5.97 Å². The molecule has 37 heavy (non-hydrogen) atoms. The van der Waals surface area contributed by atoms with Crippen LogP contribution in [-0.2, 0) is 6.42 Å². The first-order chi connectivity index (χ1) is 18.3. The number of unbranched alkanes of at least 4 members (excludes halogenated alkanes) is 6. The predicted molar refractivity (Wildman–Crippen MR) is 151 cm³/mol. The monoisotopic (exact) mass is 494 g/mol. The standard InChI is InChI=1S/C34H38O3/c1(2-4-10-20-30-21-11-6-12-22-30)3-5-19-29-34(35-31-23-13-7-14-24-31,36-32-25-15-8-16-26-32)37-33-27-17-9-18-28-33/h6-9,11-18,21-28H,1-5,10,19-20,29H2. The van der Waals surface area contributed by atoms with Crippen LogP contribution in [0.2, 0.25) is 0 Å². The maximum absolute atomic E-state index is 6.47. The van der Waals surface area contributed by atoms with E-state index in [-0.39, 0.29) is 0 Å². The van der Waals surface area contributed by atoms with Crippen LogP contribution in [0.15, 0.2) is 121 Å². The second-order valence-corrected chi connectivity index (χ2v) is 9.39. The van der Waals surface area contributed by atoms with Gasteiger partial charge < -0.3 is 14.2 Å². The summed E-state index contributed by atoms with van der Waals surface area (Å²) in [6.45, 7) is 0. The van der Waals surface area contributed by atoms with Crippen LogP contribution in [0.3, 0.4) is 0 Å². The number of aryl methyl sites for hydroxylation is 1. The van der Waals surface area contributed by atoms with Crippen LogP contribution < -0.4 is 14.2 Å². The lowest BCUT2D eigenvalue weighted by molar-refractivity contribution is -0.257. The van der Waals surface area contributed by atoms with Gasteiger partial charge >= 0.3 is 5.97 Å². The number of ether oxygens (including phenoxy) is 3. The highest BCUT2D eigenvalue weighted by Crippen LogP contribution is 2.31. The van der Waals surface area contributed by atoms with Crippen LogP contribution in [0, 0.1) is 0 Å². The molecule has 4 aromatic rings. The minimum atomic E-state index is -1.26. The van der Waals surface area contributed by atoms with Gasteiger partial charge in [-0.2, -0.15) is 0 Å². The molecule has 0 heterocycles. The van der Waals surface area contributed by atoms with Crippen molar-refractivity contribution in [3.63, 3.8) is 0 Å². The molecule has 0 saturated carbocycles. The van der Waals surface area contributed by atoms with Crippen LogP contribution in [0.25, 0.3) is 0 Å². The molecule has 4 aromatic carbocycles. The van der Waals surface area contributed by atoms with Crippen molar-refractivity contribution in [1.82, 2.24) is 0 Å². The van der Waals surface area contributed by atoms with E-state index < -0.39 is 5.97 Å². The van der Waals surface area contributed by atoms with Crippen LogP contribution in [0.5, 0.6) is 17.2 Å². The van der Waals surface area contributed by atoms with E-state index in [0.717, 1.165) is 12.8 Å². The highest BCUT2D eigenvalue weighted by atomic mass is 16.9. The summed E-state index contributed by atoms with van der Waals surface area (Å²) in [4.78, 5) is 0. The van der Waals surface area contributed by atoms with Gasteiger partial charge in [0, 0.05) is 0 Å². The second kappa shape index (κ2) is 14.7. The zero-order valence-corrected chi connectivity index (χ0v) is 21.6. The Kier molecular flexibility index (Phi) is 10.5. The van der Waals surface area contributed by atoms with Gasteiger partial charge in [0.25, 0.3) is 0 Å². The summed E-state index contributed by atoms with van der Waals surface area (Å²) in [5.41, 5.74) is 1.44. The second-order valence-electron chi connectivity index (χ2n) is 9.39. The Morgan fingerprint density at radius 3 is 1.16 bits per heavy atom. The average Bonchev–Trinajstić information content (AvgIpc) is 2.94. The fourth-order valence-corrected chi connectivity index (χ4v) is 4.42.